The van der Waals surface area contributed by atoms with Crippen LogP contribution in [0.15, 0.2) is 18.2 Å². The first-order valence-corrected chi connectivity index (χ1v) is 5.91. The summed E-state index contributed by atoms with van der Waals surface area (Å²) in [4.78, 5) is 2.36. The minimum absolute atomic E-state index is 0. The van der Waals surface area contributed by atoms with Gasteiger partial charge in [-0.15, -0.1) is 12.4 Å². The Balaban J connectivity index is 0.00000162. The van der Waals surface area contributed by atoms with E-state index in [9.17, 15) is 0 Å². The highest BCUT2D eigenvalue weighted by Crippen LogP contribution is 2.24. The molecular weight excluding hydrogens is 252 g/mol. The Bertz CT molecular complexity index is 365. The summed E-state index contributed by atoms with van der Waals surface area (Å²) in [6.07, 6.45) is 1.08. The normalized spacial score (nSPS) is 19.4. The van der Waals surface area contributed by atoms with Crippen molar-refractivity contribution in [2.24, 2.45) is 5.73 Å². The lowest BCUT2D eigenvalue weighted by Gasteiger charge is -2.16. The molecule has 0 aliphatic carbocycles. The first-order chi connectivity index (χ1) is 8.21. The lowest BCUT2D eigenvalue weighted by atomic mass is 10.2. The molecule has 102 valence electrons. The zero-order valence-corrected chi connectivity index (χ0v) is 11.7. The standard InChI is InChI=1S/C13H20N2O2.ClH/c1-16-12-5-10(6-13(7-12)17-2)8-15-4-3-11(14)9-15;/h5-7,11H,3-4,8-9,14H2,1-2H3;1H/t11-;/m1./s1. The molecular formula is C13H21ClN2O2. The second-order valence-corrected chi connectivity index (χ2v) is 4.50. The van der Waals surface area contributed by atoms with Crippen molar-refractivity contribution >= 4 is 12.4 Å². The molecule has 1 saturated heterocycles. The minimum Gasteiger partial charge on any atom is -0.497 e. The van der Waals surface area contributed by atoms with Crippen molar-refractivity contribution in [3.8, 4) is 11.5 Å². The summed E-state index contributed by atoms with van der Waals surface area (Å²) < 4.78 is 10.5. The van der Waals surface area contributed by atoms with Gasteiger partial charge in [-0.05, 0) is 24.1 Å². The van der Waals surface area contributed by atoms with Gasteiger partial charge in [-0.1, -0.05) is 0 Å². The molecule has 1 aromatic rings. The van der Waals surface area contributed by atoms with E-state index in [-0.39, 0.29) is 12.4 Å². The highest BCUT2D eigenvalue weighted by molar-refractivity contribution is 5.85. The first kappa shape index (κ1) is 15.1. The van der Waals surface area contributed by atoms with E-state index in [1.807, 2.05) is 18.2 Å². The van der Waals surface area contributed by atoms with E-state index in [0.717, 1.165) is 37.6 Å². The third-order valence-electron chi connectivity index (χ3n) is 3.13. The summed E-state index contributed by atoms with van der Waals surface area (Å²) in [5.41, 5.74) is 7.10. The van der Waals surface area contributed by atoms with Gasteiger partial charge in [0.25, 0.3) is 0 Å². The van der Waals surface area contributed by atoms with Crippen molar-refractivity contribution in [2.45, 2.75) is 19.0 Å². The number of halogens is 1. The van der Waals surface area contributed by atoms with Gasteiger partial charge in [0.15, 0.2) is 0 Å². The predicted octanol–water partition coefficient (Wildman–Crippen LogP) is 1.66. The molecule has 1 fully saturated rings. The van der Waals surface area contributed by atoms with E-state index in [4.69, 9.17) is 15.2 Å². The maximum atomic E-state index is 5.90. The Kier molecular flexibility index (Phi) is 5.72. The van der Waals surface area contributed by atoms with Crippen LogP contribution in [0.4, 0.5) is 0 Å². The molecule has 0 aromatic heterocycles. The van der Waals surface area contributed by atoms with Crippen LogP contribution in [-0.4, -0.2) is 38.3 Å². The van der Waals surface area contributed by atoms with Gasteiger partial charge >= 0.3 is 0 Å². The van der Waals surface area contributed by atoms with E-state index >= 15 is 0 Å². The Morgan fingerprint density at radius 1 is 1.22 bits per heavy atom. The van der Waals surface area contributed by atoms with Crippen LogP contribution in [0, 0.1) is 0 Å². The summed E-state index contributed by atoms with van der Waals surface area (Å²) in [7, 11) is 3.34. The monoisotopic (exact) mass is 272 g/mol. The molecule has 0 bridgehead atoms. The largest absolute Gasteiger partial charge is 0.497 e. The van der Waals surface area contributed by atoms with Crippen LogP contribution < -0.4 is 15.2 Å². The second kappa shape index (κ2) is 6.83. The summed E-state index contributed by atoms with van der Waals surface area (Å²) in [6, 6.07) is 6.31. The van der Waals surface area contributed by atoms with Gasteiger partial charge < -0.3 is 15.2 Å². The molecule has 1 aliphatic rings. The minimum atomic E-state index is 0. The Labute approximate surface area is 114 Å². The zero-order chi connectivity index (χ0) is 12.3. The number of ether oxygens (including phenoxy) is 2. The van der Waals surface area contributed by atoms with Gasteiger partial charge in [-0.3, -0.25) is 4.90 Å². The van der Waals surface area contributed by atoms with Crippen LogP contribution in [0.25, 0.3) is 0 Å². The number of likely N-dealkylation sites (tertiary alicyclic amines) is 1. The first-order valence-electron chi connectivity index (χ1n) is 5.91. The second-order valence-electron chi connectivity index (χ2n) is 4.50. The fourth-order valence-electron chi connectivity index (χ4n) is 2.22. The third-order valence-corrected chi connectivity index (χ3v) is 3.13. The van der Waals surface area contributed by atoms with Gasteiger partial charge in [-0.25, -0.2) is 0 Å². The predicted molar refractivity (Wildman–Crippen MR) is 74.7 cm³/mol. The van der Waals surface area contributed by atoms with Crippen LogP contribution in [0.2, 0.25) is 0 Å². The van der Waals surface area contributed by atoms with Crippen LogP contribution >= 0.6 is 12.4 Å². The van der Waals surface area contributed by atoms with E-state index in [0.29, 0.717) is 6.04 Å². The van der Waals surface area contributed by atoms with Gasteiger partial charge in [0.05, 0.1) is 14.2 Å². The zero-order valence-electron chi connectivity index (χ0n) is 10.9. The van der Waals surface area contributed by atoms with Gasteiger partial charge in [0.1, 0.15) is 11.5 Å². The Hall–Kier alpha value is -0.970. The molecule has 1 aromatic carbocycles. The molecule has 2 rings (SSSR count). The fourth-order valence-corrected chi connectivity index (χ4v) is 2.22. The van der Waals surface area contributed by atoms with Crippen LogP contribution in [0.1, 0.15) is 12.0 Å². The van der Waals surface area contributed by atoms with Crippen LogP contribution in [-0.2, 0) is 6.54 Å². The number of nitrogens with two attached hydrogens (primary N) is 1. The molecule has 0 saturated carbocycles. The van der Waals surface area contributed by atoms with Crippen molar-refractivity contribution < 1.29 is 9.47 Å². The maximum absolute atomic E-state index is 5.90. The topological polar surface area (TPSA) is 47.7 Å². The quantitative estimate of drug-likeness (QED) is 0.906. The SMILES string of the molecule is COc1cc(CN2CC[C@@H](N)C2)cc(OC)c1.Cl. The summed E-state index contributed by atoms with van der Waals surface area (Å²) in [5, 5.41) is 0. The van der Waals surface area contributed by atoms with Crippen LogP contribution in [0.3, 0.4) is 0 Å². The van der Waals surface area contributed by atoms with E-state index < -0.39 is 0 Å². The van der Waals surface area contributed by atoms with Crippen molar-refractivity contribution in [3.05, 3.63) is 23.8 Å². The molecule has 0 spiro atoms. The Morgan fingerprint density at radius 3 is 2.28 bits per heavy atom. The molecule has 0 unspecified atom stereocenters. The molecule has 1 atom stereocenters. The third kappa shape index (κ3) is 3.77. The van der Waals surface area contributed by atoms with Crippen molar-refractivity contribution in [1.29, 1.82) is 0 Å². The maximum Gasteiger partial charge on any atom is 0.122 e. The summed E-state index contributed by atoms with van der Waals surface area (Å²) in [6.45, 7) is 2.95. The smallest absolute Gasteiger partial charge is 0.122 e. The van der Waals surface area contributed by atoms with E-state index in [1.54, 1.807) is 14.2 Å². The van der Waals surface area contributed by atoms with E-state index in [1.165, 1.54) is 5.56 Å². The summed E-state index contributed by atoms with van der Waals surface area (Å²) in [5.74, 6) is 1.67. The number of nitrogens with zero attached hydrogens (tertiary/aromatic N) is 1. The molecule has 1 aliphatic heterocycles. The lowest BCUT2D eigenvalue weighted by molar-refractivity contribution is 0.324. The van der Waals surface area contributed by atoms with Crippen molar-refractivity contribution in [2.75, 3.05) is 27.3 Å². The molecule has 4 nitrogen and oxygen atoms in total. The highest BCUT2D eigenvalue weighted by Gasteiger charge is 2.19. The average Bonchev–Trinajstić information content (AvgIpc) is 2.74. The number of benzene rings is 1. The molecule has 5 heteroatoms. The average molecular weight is 273 g/mol. The number of hydrogen-bond acceptors (Lipinski definition) is 4. The molecule has 0 amide bonds. The highest BCUT2D eigenvalue weighted by atomic mass is 35.5. The van der Waals surface area contributed by atoms with Gasteiger partial charge in [0.2, 0.25) is 0 Å². The van der Waals surface area contributed by atoms with E-state index in [2.05, 4.69) is 4.90 Å². The van der Waals surface area contributed by atoms with Crippen molar-refractivity contribution in [1.82, 2.24) is 4.90 Å². The summed E-state index contributed by atoms with van der Waals surface area (Å²) >= 11 is 0. The molecule has 1 heterocycles. The Morgan fingerprint density at radius 2 is 1.83 bits per heavy atom. The van der Waals surface area contributed by atoms with Crippen LogP contribution in [0.5, 0.6) is 11.5 Å². The molecule has 0 radical (unpaired) electrons. The van der Waals surface area contributed by atoms with Gasteiger partial charge in [-0.2, -0.15) is 0 Å². The number of rotatable bonds is 4. The van der Waals surface area contributed by atoms with Gasteiger partial charge in [0, 0.05) is 31.7 Å². The lowest BCUT2D eigenvalue weighted by Crippen LogP contribution is -2.26. The number of methoxy groups -OCH3 is 2. The number of hydrogen-bond donors (Lipinski definition) is 1. The molecule has 2 N–H and O–H groups in total. The molecule has 18 heavy (non-hydrogen) atoms. The van der Waals surface area contributed by atoms with Crippen molar-refractivity contribution in [3.63, 3.8) is 0 Å². The fraction of sp³-hybridized carbons (Fsp3) is 0.538.